The summed E-state index contributed by atoms with van der Waals surface area (Å²) in [6.45, 7) is 3.09. The third-order valence-electron chi connectivity index (χ3n) is 5.38. The summed E-state index contributed by atoms with van der Waals surface area (Å²) in [7, 11) is 0. The van der Waals surface area contributed by atoms with Crippen molar-refractivity contribution >= 4 is 47.0 Å². The molecule has 0 bridgehead atoms. The van der Waals surface area contributed by atoms with Gasteiger partial charge in [-0.25, -0.2) is 0 Å². The van der Waals surface area contributed by atoms with Crippen LogP contribution in [0.2, 0.25) is 0 Å². The Morgan fingerprint density at radius 2 is 1.75 bits per heavy atom. The Morgan fingerprint density at radius 3 is 2.50 bits per heavy atom. The van der Waals surface area contributed by atoms with E-state index in [4.69, 9.17) is 9.47 Å². The van der Waals surface area contributed by atoms with Gasteiger partial charge < -0.3 is 19.3 Å². The topological polar surface area (TPSA) is 66.7 Å². The minimum atomic E-state index is 0. The Labute approximate surface area is 197 Å². The molecule has 32 heavy (non-hydrogen) atoms. The monoisotopic (exact) mass is 470 g/mol. The minimum absolute atomic E-state index is 0. The van der Waals surface area contributed by atoms with Gasteiger partial charge in [-0.2, -0.15) is 5.10 Å². The Balaban J connectivity index is 0.00000245. The number of amides is 1. The van der Waals surface area contributed by atoms with Gasteiger partial charge in [-0.3, -0.25) is 4.79 Å². The quantitative estimate of drug-likeness (QED) is 0.642. The number of benzene rings is 2. The smallest absolute Gasteiger partial charge is 0.246 e. The Bertz CT molecular complexity index is 1070. The molecule has 1 saturated heterocycles. The van der Waals surface area contributed by atoms with E-state index in [0.29, 0.717) is 18.8 Å². The summed E-state index contributed by atoms with van der Waals surface area (Å²) < 4.78 is 10.7. The van der Waals surface area contributed by atoms with Gasteiger partial charge in [0.1, 0.15) is 0 Å². The van der Waals surface area contributed by atoms with Gasteiger partial charge in [-0.05, 0) is 29.3 Å². The first-order valence-electron chi connectivity index (χ1n) is 10.2. The van der Waals surface area contributed by atoms with Crippen molar-refractivity contribution in [3.63, 3.8) is 0 Å². The van der Waals surface area contributed by atoms with Gasteiger partial charge in [0.15, 0.2) is 16.7 Å². The van der Waals surface area contributed by atoms with Gasteiger partial charge in [0.2, 0.25) is 12.7 Å². The van der Waals surface area contributed by atoms with Crippen molar-refractivity contribution in [2.75, 3.05) is 38.7 Å². The highest BCUT2D eigenvalue weighted by Crippen LogP contribution is 2.32. The maximum atomic E-state index is 12.6. The maximum Gasteiger partial charge on any atom is 0.246 e. The van der Waals surface area contributed by atoms with Crippen LogP contribution < -0.4 is 9.47 Å². The van der Waals surface area contributed by atoms with E-state index in [1.54, 1.807) is 17.8 Å². The van der Waals surface area contributed by atoms with E-state index in [9.17, 15) is 4.79 Å². The van der Waals surface area contributed by atoms with Crippen molar-refractivity contribution in [2.45, 2.75) is 0 Å². The molecule has 0 spiro atoms. The number of carbonyl (C=O) groups is 1. The lowest BCUT2D eigenvalue weighted by atomic mass is 10.1. The molecule has 5 rings (SSSR count). The number of fused-ring (bicyclic) bond motifs is 1. The number of hydrogen-bond acceptors (Lipinski definition) is 7. The number of nitrogens with zero attached hydrogens (tertiary/aromatic N) is 4. The first-order chi connectivity index (χ1) is 15.3. The highest BCUT2D eigenvalue weighted by Gasteiger charge is 2.24. The second-order valence-electron chi connectivity index (χ2n) is 7.34. The molecular formula is C23H23ClN4O3S. The number of ether oxygens (including phenoxy) is 2. The lowest BCUT2D eigenvalue weighted by Gasteiger charge is -2.35. The van der Waals surface area contributed by atoms with E-state index < -0.39 is 0 Å². The molecule has 9 heteroatoms. The fraction of sp³-hybridized carbons (Fsp3) is 0.261. The van der Waals surface area contributed by atoms with Gasteiger partial charge in [0, 0.05) is 38.0 Å². The summed E-state index contributed by atoms with van der Waals surface area (Å²) in [5.41, 5.74) is 3.02. The summed E-state index contributed by atoms with van der Waals surface area (Å²) in [6, 6.07) is 15.8. The molecule has 3 heterocycles. The second-order valence-corrected chi connectivity index (χ2v) is 8.28. The van der Waals surface area contributed by atoms with E-state index in [2.05, 4.69) is 27.2 Å². The number of piperazine rings is 1. The zero-order chi connectivity index (χ0) is 21.0. The van der Waals surface area contributed by atoms with Crippen LogP contribution in [0.5, 0.6) is 11.5 Å². The van der Waals surface area contributed by atoms with Gasteiger partial charge >= 0.3 is 0 Å². The van der Waals surface area contributed by atoms with E-state index >= 15 is 0 Å². The molecule has 0 saturated carbocycles. The van der Waals surface area contributed by atoms with Crippen LogP contribution in [0, 0.1) is 0 Å². The number of amidine groups is 1. The number of rotatable bonds is 3. The van der Waals surface area contributed by atoms with E-state index in [1.165, 1.54) is 0 Å². The molecule has 3 aliphatic heterocycles. The molecular weight excluding hydrogens is 448 g/mol. The van der Waals surface area contributed by atoms with Crippen molar-refractivity contribution in [3.8, 4) is 11.5 Å². The van der Waals surface area contributed by atoms with Gasteiger partial charge in [0.05, 0.1) is 5.71 Å². The normalized spacial score (nSPS) is 17.6. The fourth-order valence-corrected chi connectivity index (χ4v) is 4.58. The van der Waals surface area contributed by atoms with Crippen LogP contribution in [0.3, 0.4) is 0 Å². The molecule has 0 atom stereocenters. The van der Waals surface area contributed by atoms with Gasteiger partial charge in [-0.15, -0.1) is 17.5 Å². The highest BCUT2D eigenvalue weighted by atomic mass is 35.5. The molecule has 0 radical (unpaired) electrons. The number of hydrogen-bond donors (Lipinski definition) is 0. The Kier molecular flexibility index (Phi) is 7.02. The van der Waals surface area contributed by atoms with Crippen LogP contribution in [-0.4, -0.2) is 65.3 Å². The lowest BCUT2D eigenvalue weighted by molar-refractivity contribution is -0.127. The molecule has 0 unspecified atom stereocenters. The lowest BCUT2D eigenvalue weighted by Crippen LogP contribution is -2.50. The minimum Gasteiger partial charge on any atom is -0.454 e. The molecule has 7 nitrogen and oxygen atoms in total. The predicted molar refractivity (Wildman–Crippen MR) is 130 cm³/mol. The summed E-state index contributed by atoms with van der Waals surface area (Å²) in [6.07, 6.45) is 3.44. The van der Waals surface area contributed by atoms with Crippen molar-refractivity contribution in [3.05, 3.63) is 65.7 Å². The molecule has 0 aliphatic carbocycles. The van der Waals surface area contributed by atoms with Gasteiger partial charge in [-0.1, -0.05) is 48.2 Å². The molecule has 0 aromatic heterocycles. The average molecular weight is 471 g/mol. The largest absolute Gasteiger partial charge is 0.454 e. The van der Waals surface area contributed by atoms with Gasteiger partial charge in [0.25, 0.3) is 0 Å². The van der Waals surface area contributed by atoms with Crippen molar-refractivity contribution in [2.24, 2.45) is 10.2 Å². The Morgan fingerprint density at radius 1 is 0.969 bits per heavy atom. The van der Waals surface area contributed by atoms with E-state index in [-0.39, 0.29) is 25.1 Å². The Hall–Kier alpha value is -2.97. The summed E-state index contributed by atoms with van der Waals surface area (Å²) in [5.74, 6) is 2.27. The van der Waals surface area contributed by atoms with Crippen molar-refractivity contribution in [1.82, 2.24) is 9.80 Å². The number of halogens is 1. The second kappa shape index (κ2) is 10.1. The maximum absolute atomic E-state index is 12.6. The molecule has 1 amide bonds. The standard InChI is InChI=1S/C23H22N4O3S.ClH/c28-22(9-7-17-6-8-20-21(14-17)30-16-29-20)26-10-12-27(13-11-26)23-25-24-19(15-31-23)18-4-2-1-3-5-18;/h1-9,14H,10-13,15-16H2;1H/b9-7+;. The molecule has 1 fully saturated rings. The highest BCUT2D eigenvalue weighted by molar-refractivity contribution is 8.14. The summed E-state index contributed by atoms with van der Waals surface area (Å²) in [4.78, 5) is 16.7. The zero-order valence-electron chi connectivity index (χ0n) is 17.3. The number of thioether (sulfide) groups is 1. The van der Waals surface area contributed by atoms with E-state index in [1.807, 2.05) is 47.4 Å². The first-order valence-corrected chi connectivity index (χ1v) is 11.2. The van der Waals surface area contributed by atoms with E-state index in [0.717, 1.165) is 46.6 Å². The van der Waals surface area contributed by atoms with Crippen LogP contribution in [-0.2, 0) is 4.79 Å². The first kappa shape index (κ1) is 22.2. The van der Waals surface area contributed by atoms with Crippen LogP contribution in [0.4, 0.5) is 0 Å². The van der Waals surface area contributed by atoms with Crippen LogP contribution in [0.1, 0.15) is 11.1 Å². The summed E-state index contributed by atoms with van der Waals surface area (Å²) >= 11 is 1.71. The fourth-order valence-electron chi connectivity index (χ4n) is 3.63. The average Bonchev–Trinajstić information content (AvgIpc) is 3.31. The molecule has 2 aromatic rings. The zero-order valence-corrected chi connectivity index (χ0v) is 19.0. The SMILES string of the molecule is Cl.O=C(/C=C/c1ccc2c(c1)OCO2)N1CCN(C2=NN=C(c3ccccc3)CS2)CC1. The third kappa shape index (κ3) is 4.92. The molecule has 3 aliphatic rings. The molecule has 2 aromatic carbocycles. The van der Waals surface area contributed by atoms with Crippen LogP contribution >= 0.6 is 24.2 Å². The van der Waals surface area contributed by atoms with Crippen LogP contribution in [0.15, 0.2) is 64.8 Å². The third-order valence-corrected chi connectivity index (χ3v) is 6.39. The van der Waals surface area contributed by atoms with Crippen LogP contribution in [0.25, 0.3) is 6.08 Å². The predicted octanol–water partition coefficient (Wildman–Crippen LogP) is 3.50. The van der Waals surface area contributed by atoms with Crippen molar-refractivity contribution < 1.29 is 14.3 Å². The van der Waals surface area contributed by atoms with Crippen molar-refractivity contribution in [1.29, 1.82) is 0 Å². The molecule has 0 N–H and O–H groups in total. The number of carbonyl (C=O) groups excluding carboxylic acids is 1. The summed E-state index contributed by atoms with van der Waals surface area (Å²) in [5, 5.41) is 9.80. The molecule has 166 valence electrons.